The highest BCUT2D eigenvalue weighted by atomic mass is 16.5. The van der Waals surface area contributed by atoms with Gasteiger partial charge in [0.25, 0.3) is 0 Å². The molecule has 0 bridgehead atoms. The van der Waals surface area contributed by atoms with Crippen LogP contribution < -0.4 is 25.4 Å². The second-order valence-electron chi connectivity index (χ2n) is 13.3. The van der Waals surface area contributed by atoms with Crippen molar-refractivity contribution in [2.45, 2.75) is 32.1 Å². The van der Waals surface area contributed by atoms with Crippen molar-refractivity contribution in [3.8, 4) is 11.5 Å². The largest absolute Gasteiger partial charge is 0.493 e. The van der Waals surface area contributed by atoms with Crippen molar-refractivity contribution in [2.24, 2.45) is 0 Å². The third-order valence-electron chi connectivity index (χ3n) is 8.74. The number of carboxylic acid groups (broad SMARTS) is 4. The Kier molecular flexibility index (Phi) is 19.5. The Balaban J connectivity index is 1.33. The third kappa shape index (κ3) is 17.3. The van der Waals surface area contributed by atoms with Gasteiger partial charge in [0.15, 0.2) is 11.5 Å². The summed E-state index contributed by atoms with van der Waals surface area (Å²) >= 11 is 0. The molecule has 0 unspecified atom stereocenters. The molecule has 20 nitrogen and oxygen atoms in total. The van der Waals surface area contributed by atoms with E-state index in [-0.39, 0.29) is 45.1 Å². The van der Waals surface area contributed by atoms with Gasteiger partial charge in [-0.1, -0.05) is 25.0 Å². The van der Waals surface area contributed by atoms with Crippen LogP contribution in [-0.2, 0) is 35.2 Å². The molecule has 0 saturated carbocycles. The Morgan fingerprint density at radius 1 is 0.603 bits per heavy atom. The molecule has 7 N–H and O–H groups in total. The minimum absolute atomic E-state index is 0.00813. The molecule has 0 aliphatic rings. The van der Waals surface area contributed by atoms with Crippen LogP contribution in [-0.4, -0.2) is 167 Å². The van der Waals surface area contributed by atoms with Crippen LogP contribution in [0.25, 0.3) is 10.9 Å². The van der Waals surface area contributed by atoms with E-state index in [0.29, 0.717) is 42.3 Å². The number of unbranched alkanes of at least 4 members (excludes halogenated alkanes) is 3. The molecule has 0 fully saturated rings. The van der Waals surface area contributed by atoms with Gasteiger partial charge in [-0.2, -0.15) is 0 Å². The van der Waals surface area contributed by atoms with E-state index >= 15 is 0 Å². The highest BCUT2D eigenvalue weighted by Crippen LogP contribution is 2.34. The number of hydrogen-bond acceptors (Lipinski definition) is 14. The average Bonchev–Trinajstić information content (AvgIpc) is 3.16. The minimum Gasteiger partial charge on any atom is -0.493 e. The molecule has 3 rings (SSSR count). The molecule has 1 aromatic heterocycles. The number of methoxy groups -OCH3 is 2. The highest BCUT2D eigenvalue weighted by molar-refractivity contribution is 5.93. The van der Waals surface area contributed by atoms with Crippen molar-refractivity contribution in [1.82, 2.24) is 35.3 Å². The molecule has 0 radical (unpaired) electrons. The molecule has 316 valence electrons. The minimum atomic E-state index is -1.24. The molecule has 2 amide bonds. The number of anilines is 2. The molecule has 1 heterocycles. The number of carbonyl (C=O) groups excluding carboxylic acids is 2. The van der Waals surface area contributed by atoms with E-state index in [1.165, 1.54) is 16.1 Å². The number of benzene rings is 2. The van der Waals surface area contributed by atoms with Gasteiger partial charge in [0.05, 0.1) is 58.9 Å². The maximum Gasteiger partial charge on any atom is 0.317 e. The second kappa shape index (κ2) is 24.5. The van der Waals surface area contributed by atoms with E-state index in [0.717, 1.165) is 40.8 Å². The summed E-state index contributed by atoms with van der Waals surface area (Å²) in [6.45, 7) is -1.38. The molecule has 58 heavy (non-hydrogen) atoms. The molecule has 0 aliphatic carbocycles. The third-order valence-corrected chi connectivity index (χ3v) is 8.74. The van der Waals surface area contributed by atoms with Crippen LogP contribution in [0, 0.1) is 0 Å². The summed E-state index contributed by atoms with van der Waals surface area (Å²) in [6.07, 6.45) is 4.69. The van der Waals surface area contributed by atoms with E-state index in [1.807, 2.05) is 30.3 Å². The lowest BCUT2D eigenvalue weighted by atomic mass is 10.1. The standard InChI is InChI=1S/C38H52N8O12/c1-57-30-18-28-29(19-31(30)58-2)41-25-42-38(28)43-27-9-7-26(8-10-27)17-32(47)39-11-5-3-4-6-12-40-33(48)20-45(22-35(51)52)15-13-44(21-34(49)50)14-16-46(23-36(53)54)24-37(55)56/h7-10,18-19,25H,3-6,11-17,20-24H2,1-2H3,(H,39,47)(H,40,48)(H,49,50)(H,51,52)(H,53,54)(H,55,56)(H,41,42,43). The highest BCUT2D eigenvalue weighted by Gasteiger charge is 2.20. The van der Waals surface area contributed by atoms with Crippen LogP contribution in [0.4, 0.5) is 11.5 Å². The average molecular weight is 813 g/mol. The number of aromatic nitrogens is 2. The van der Waals surface area contributed by atoms with Crippen molar-refractivity contribution in [3.05, 3.63) is 48.3 Å². The lowest BCUT2D eigenvalue weighted by Crippen LogP contribution is -2.46. The summed E-state index contributed by atoms with van der Waals surface area (Å²) in [7, 11) is 3.12. The topological polar surface area (TPSA) is 273 Å². The van der Waals surface area contributed by atoms with Crippen molar-refractivity contribution < 1.29 is 58.7 Å². The molecule has 2 aromatic carbocycles. The monoisotopic (exact) mass is 812 g/mol. The summed E-state index contributed by atoms with van der Waals surface area (Å²) in [5, 5.41) is 46.5. The van der Waals surface area contributed by atoms with E-state index < -0.39 is 56.0 Å². The molecule has 0 spiro atoms. The van der Waals surface area contributed by atoms with Crippen LogP contribution in [0.15, 0.2) is 42.7 Å². The van der Waals surface area contributed by atoms with Crippen LogP contribution in [0.5, 0.6) is 11.5 Å². The number of nitrogens with one attached hydrogen (secondary N) is 3. The number of aliphatic carboxylic acids is 4. The van der Waals surface area contributed by atoms with Crippen LogP contribution in [0.2, 0.25) is 0 Å². The number of carbonyl (C=O) groups is 6. The van der Waals surface area contributed by atoms with E-state index in [1.54, 1.807) is 20.3 Å². The number of carboxylic acids is 4. The molecule has 0 aliphatic heterocycles. The first-order chi connectivity index (χ1) is 27.8. The van der Waals surface area contributed by atoms with Crippen molar-refractivity contribution in [3.63, 3.8) is 0 Å². The fraction of sp³-hybridized carbons (Fsp3) is 0.474. The van der Waals surface area contributed by atoms with Crippen LogP contribution >= 0.6 is 0 Å². The van der Waals surface area contributed by atoms with Gasteiger partial charge in [-0.15, -0.1) is 0 Å². The fourth-order valence-corrected chi connectivity index (χ4v) is 5.92. The van der Waals surface area contributed by atoms with Crippen molar-refractivity contribution in [2.75, 3.05) is 91.5 Å². The van der Waals surface area contributed by atoms with Gasteiger partial charge in [0.1, 0.15) is 12.1 Å². The van der Waals surface area contributed by atoms with Crippen LogP contribution in [0.1, 0.15) is 31.2 Å². The first-order valence-electron chi connectivity index (χ1n) is 18.6. The first-order valence-corrected chi connectivity index (χ1v) is 18.6. The Hall–Kier alpha value is -6.12. The van der Waals surface area contributed by atoms with Gasteiger partial charge in [-0.05, 0) is 36.6 Å². The summed E-state index contributed by atoms with van der Waals surface area (Å²) < 4.78 is 10.8. The molecular formula is C38H52N8O12. The van der Waals surface area contributed by atoms with Gasteiger partial charge in [0, 0.05) is 56.4 Å². The smallest absolute Gasteiger partial charge is 0.317 e. The Labute approximate surface area is 335 Å². The number of rotatable bonds is 29. The molecule has 0 atom stereocenters. The molecule has 3 aromatic rings. The van der Waals surface area contributed by atoms with Crippen LogP contribution in [0.3, 0.4) is 0 Å². The zero-order chi connectivity index (χ0) is 42.5. The van der Waals surface area contributed by atoms with Crippen molar-refractivity contribution >= 4 is 58.1 Å². The summed E-state index contributed by atoms with van der Waals surface area (Å²) in [4.78, 5) is 82.8. The van der Waals surface area contributed by atoms with Gasteiger partial charge in [-0.3, -0.25) is 43.5 Å². The Bertz CT molecular complexity index is 1830. The normalized spacial score (nSPS) is 11.1. The number of amides is 2. The van der Waals surface area contributed by atoms with E-state index in [2.05, 4.69) is 25.9 Å². The predicted octanol–water partition coefficient (Wildman–Crippen LogP) is 0.970. The molecule has 0 saturated heterocycles. The number of nitrogens with zero attached hydrogens (tertiary/aromatic N) is 5. The lowest BCUT2D eigenvalue weighted by Gasteiger charge is -2.27. The maximum atomic E-state index is 12.6. The Morgan fingerprint density at radius 2 is 1.09 bits per heavy atom. The van der Waals surface area contributed by atoms with Gasteiger partial charge in [-0.25, -0.2) is 9.97 Å². The van der Waals surface area contributed by atoms with E-state index in [4.69, 9.17) is 19.7 Å². The van der Waals surface area contributed by atoms with Gasteiger partial charge in [0.2, 0.25) is 11.8 Å². The predicted molar refractivity (Wildman–Crippen MR) is 210 cm³/mol. The quantitative estimate of drug-likeness (QED) is 0.0481. The summed E-state index contributed by atoms with van der Waals surface area (Å²) in [5.41, 5.74) is 2.31. The number of ether oxygens (including phenoxy) is 2. The zero-order valence-corrected chi connectivity index (χ0v) is 32.6. The zero-order valence-electron chi connectivity index (χ0n) is 32.6. The number of hydrogen-bond donors (Lipinski definition) is 7. The maximum absolute atomic E-state index is 12.6. The van der Waals surface area contributed by atoms with Crippen molar-refractivity contribution in [1.29, 1.82) is 0 Å². The second-order valence-corrected chi connectivity index (χ2v) is 13.3. The van der Waals surface area contributed by atoms with Gasteiger partial charge < -0.3 is 45.9 Å². The molecular weight excluding hydrogens is 760 g/mol. The first kappa shape index (κ1) is 46.3. The molecule has 20 heteroatoms. The SMILES string of the molecule is COc1cc2ncnc(Nc3ccc(CC(=O)NCCCCCCNC(=O)CN(CCN(CCN(CC(=O)O)CC(=O)O)CC(=O)O)CC(=O)O)cc3)c2cc1OC. The Morgan fingerprint density at radius 3 is 1.62 bits per heavy atom. The summed E-state index contributed by atoms with van der Waals surface area (Å²) in [5.74, 6) is -3.63. The summed E-state index contributed by atoms with van der Waals surface area (Å²) in [6, 6.07) is 11.0. The fourth-order valence-electron chi connectivity index (χ4n) is 5.92. The van der Waals surface area contributed by atoms with Gasteiger partial charge >= 0.3 is 23.9 Å². The number of fused-ring (bicyclic) bond motifs is 1. The van der Waals surface area contributed by atoms with E-state index in [9.17, 15) is 39.0 Å². The lowest BCUT2D eigenvalue weighted by molar-refractivity contribution is -0.143.